The summed E-state index contributed by atoms with van der Waals surface area (Å²) in [5, 5.41) is 22.9. The fourth-order valence-electron chi connectivity index (χ4n) is 2.83. The smallest absolute Gasteiger partial charge is 0.137 e. The van der Waals surface area contributed by atoms with E-state index in [1.807, 2.05) is 58.6 Å². The Hall–Kier alpha value is -3.43. The Kier molecular flexibility index (Phi) is 3.77. The molecule has 5 nitrogen and oxygen atoms in total. The standard InChI is InChI=1S/C19H12N4OS/c20-10-18-16(5-7-25-18)14-2-1-3-15(9-14)17-12-21-19-8-13(11-22-24)4-6-23(17)19/h1-9,11-12,24H. The van der Waals surface area contributed by atoms with E-state index in [1.165, 1.54) is 17.6 Å². The Bertz CT molecular complexity index is 1130. The Morgan fingerprint density at radius 3 is 2.92 bits per heavy atom. The van der Waals surface area contributed by atoms with Crippen LogP contribution in [0.3, 0.4) is 0 Å². The van der Waals surface area contributed by atoms with Crippen LogP contribution in [0, 0.1) is 11.3 Å². The second kappa shape index (κ2) is 6.23. The summed E-state index contributed by atoms with van der Waals surface area (Å²) in [5.74, 6) is 0. The summed E-state index contributed by atoms with van der Waals surface area (Å²) < 4.78 is 1.98. The molecule has 120 valence electrons. The molecule has 0 saturated heterocycles. The van der Waals surface area contributed by atoms with Crippen molar-refractivity contribution in [2.24, 2.45) is 5.16 Å². The molecule has 0 radical (unpaired) electrons. The largest absolute Gasteiger partial charge is 0.411 e. The van der Waals surface area contributed by atoms with Crippen molar-refractivity contribution >= 4 is 23.2 Å². The number of thiophene rings is 1. The third-order valence-corrected chi connectivity index (χ3v) is 4.80. The number of rotatable bonds is 3. The first-order valence-corrected chi connectivity index (χ1v) is 8.41. The van der Waals surface area contributed by atoms with Gasteiger partial charge >= 0.3 is 0 Å². The van der Waals surface area contributed by atoms with Crippen molar-refractivity contribution in [3.63, 3.8) is 0 Å². The highest BCUT2D eigenvalue weighted by atomic mass is 32.1. The maximum atomic E-state index is 9.25. The number of aromatic nitrogens is 2. The maximum Gasteiger partial charge on any atom is 0.137 e. The van der Waals surface area contributed by atoms with Gasteiger partial charge in [-0.25, -0.2) is 4.98 Å². The van der Waals surface area contributed by atoms with Gasteiger partial charge in [0, 0.05) is 22.9 Å². The van der Waals surface area contributed by atoms with Gasteiger partial charge in [-0.3, -0.25) is 4.40 Å². The second-order valence-corrected chi connectivity index (χ2v) is 6.35. The quantitative estimate of drug-likeness (QED) is 0.340. The minimum Gasteiger partial charge on any atom is -0.411 e. The van der Waals surface area contributed by atoms with Crippen LogP contribution in [0.4, 0.5) is 0 Å². The molecule has 0 bridgehead atoms. The summed E-state index contributed by atoms with van der Waals surface area (Å²) in [5.41, 5.74) is 5.48. The second-order valence-electron chi connectivity index (χ2n) is 5.43. The van der Waals surface area contributed by atoms with E-state index in [-0.39, 0.29) is 0 Å². The van der Waals surface area contributed by atoms with Gasteiger partial charge in [-0.15, -0.1) is 11.3 Å². The minimum atomic E-state index is 0.711. The van der Waals surface area contributed by atoms with Crippen LogP contribution in [-0.4, -0.2) is 20.8 Å². The molecule has 0 amide bonds. The summed E-state index contributed by atoms with van der Waals surface area (Å²) in [4.78, 5) is 5.14. The van der Waals surface area contributed by atoms with Crippen molar-refractivity contribution in [1.29, 1.82) is 5.26 Å². The van der Waals surface area contributed by atoms with Crippen LogP contribution in [0.15, 0.2) is 65.4 Å². The predicted octanol–water partition coefficient (Wildman–Crippen LogP) is 4.41. The van der Waals surface area contributed by atoms with Crippen molar-refractivity contribution in [3.8, 4) is 28.5 Å². The highest BCUT2D eigenvalue weighted by molar-refractivity contribution is 7.11. The van der Waals surface area contributed by atoms with Crippen LogP contribution < -0.4 is 0 Å². The molecule has 6 heteroatoms. The molecular formula is C19H12N4OS. The van der Waals surface area contributed by atoms with E-state index < -0.39 is 0 Å². The lowest BCUT2D eigenvalue weighted by Crippen LogP contribution is -1.91. The number of benzene rings is 1. The van der Waals surface area contributed by atoms with Crippen molar-refractivity contribution in [2.45, 2.75) is 0 Å². The molecule has 1 aromatic carbocycles. The van der Waals surface area contributed by atoms with Gasteiger partial charge in [0.2, 0.25) is 0 Å². The van der Waals surface area contributed by atoms with E-state index >= 15 is 0 Å². The van der Waals surface area contributed by atoms with Gasteiger partial charge in [0.25, 0.3) is 0 Å². The summed E-state index contributed by atoms with van der Waals surface area (Å²) in [6, 6.07) is 16.0. The average Bonchev–Trinajstić information content (AvgIpc) is 3.28. The molecule has 0 saturated carbocycles. The van der Waals surface area contributed by atoms with Gasteiger partial charge in [0.1, 0.15) is 16.6 Å². The van der Waals surface area contributed by atoms with Crippen LogP contribution in [0.5, 0.6) is 0 Å². The van der Waals surface area contributed by atoms with Crippen molar-refractivity contribution in [3.05, 3.63) is 70.7 Å². The van der Waals surface area contributed by atoms with Crippen LogP contribution in [-0.2, 0) is 0 Å². The molecule has 4 aromatic rings. The van der Waals surface area contributed by atoms with Gasteiger partial charge in [0.05, 0.1) is 18.1 Å². The van der Waals surface area contributed by atoms with E-state index in [0.29, 0.717) is 4.88 Å². The zero-order chi connectivity index (χ0) is 17.2. The lowest BCUT2D eigenvalue weighted by atomic mass is 10.0. The number of nitriles is 1. The Balaban J connectivity index is 1.82. The Morgan fingerprint density at radius 2 is 2.08 bits per heavy atom. The lowest BCUT2D eigenvalue weighted by molar-refractivity contribution is 0.322. The zero-order valence-electron chi connectivity index (χ0n) is 13.0. The molecule has 1 N–H and O–H groups in total. The van der Waals surface area contributed by atoms with Crippen molar-refractivity contribution in [1.82, 2.24) is 9.38 Å². The van der Waals surface area contributed by atoms with Crippen LogP contribution in [0.2, 0.25) is 0 Å². The number of fused-ring (bicyclic) bond motifs is 1. The third kappa shape index (κ3) is 2.67. The minimum absolute atomic E-state index is 0.711. The molecule has 0 unspecified atom stereocenters. The monoisotopic (exact) mass is 344 g/mol. The average molecular weight is 344 g/mol. The van der Waals surface area contributed by atoms with Crippen molar-refractivity contribution in [2.75, 3.05) is 0 Å². The highest BCUT2D eigenvalue weighted by Crippen LogP contribution is 2.31. The molecule has 4 rings (SSSR count). The number of oxime groups is 1. The van der Waals surface area contributed by atoms with Gasteiger partial charge in [0.15, 0.2) is 0 Å². The molecule has 3 aromatic heterocycles. The summed E-state index contributed by atoms with van der Waals surface area (Å²) in [6.07, 6.45) is 5.08. The molecule has 25 heavy (non-hydrogen) atoms. The topological polar surface area (TPSA) is 73.7 Å². The Morgan fingerprint density at radius 1 is 1.20 bits per heavy atom. The Labute approximate surface area is 147 Å². The van der Waals surface area contributed by atoms with Gasteiger partial charge in [-0.2, -0.15) is 5.26 Å². The number of pyridine rings is 1. The first kappa shape index (κ1) is 15.1. The number of hydrogen-bond donors (Lipinski definition) is 1. The van der Waals surface area contributed by atoms with Crippen molar-refractivity contribution < 1.29 is 5.21 Å². The number of hydrogen-bond acceptors (Lipinski definition) is 5. The fourth-order valence-corrected chi connectivity index (χ4v) is 3.53. The molecule has 0 spiro atoms. The molecule has 0 aliphatic heterocycles. The normalized spacial score (nSPS) is 11.2. The van der Waals surface area contributed by atoms with E-state index in [4.69, 9.17) is 5.21 Å². The lowest BCUT2D eigenvalue weighted by Gasteiger charge is -2.05. The molecular weight excluding hydrogens is 332 g/mol. The first-order valence-electron chi connectivity index (χ1n) is 7.53. The highest BCUT2D eigenvalue weighted by Gasteiger charge is 2.10. The maximum absolute atomic E-state index is 9.25. The molecule has 0 fully saturated rings. The number of imidazole rings is 1. The summed E-state index contributed by atoms with van der Waals surface area (Å²) in [7, 11) is 0. The molecule has 3 heterocycles. The summed E-state index contributed by atoms with van der Waals surface area (Å²) >= 11 is 1.45. The first-order chi connectivity index (χ1) is 12.3. The van der Waals surface area contributed by atoms with Gasteiger partial charge in [-0.05, 0) is 35.2 Å². The SMILES string of the molecule is N#Cc1sccc1-c1cccc(-c2cnc3cc(C=NO)ccn23)c1. The van der Waals surface area contributed by atoms with Crippen LogP contribution in [0.25, 0.3) is 28.0 Å². The summed E-state index contributed by atoms with van der Waals surface area (Å²) in [6.45, 7) is 0. The molecule has 0 aliphatic carbocycles. The molecule has 0 aliphatic rings. The fraction of sp³-hybridized carbons (Fsp3) is 0. The van der Waals surface area contributed by atoms with E-state index in [2.05, 4.69) is 22.3 Å². The van der Waals surface area contributed by atoms with Crippen LogP contribution in [0.1, 0.15) is 10.4 Å². The van der Waals surface area contributed by atoms with E-state index in [1.54, 1.807) is 0 Å². The van der Waals surface area contributed by atoms with Gasteiger partial charge < -0.3 is 5.21 Å². The number of nitrogens with zero attached hydrogens (tertiary/aromatic N) is 4. The van der Waals surface area contributed by atoms with E-state index in [0.717, 1.165) is 33.6 Å². The van der Waals surface area contributed by atoms with Gasteiger partial charge in [-0.1, -0.05) is 23.4 Å². The zero-order valence-corrected chi connectivity index (χ0v) is 13.8. The third-order valence-electron chi connectivity index (χ3n) is 3.98. The predicted molar refractivity (Wildman–Crippen MR) is 98.0 cm³/mol. The van der Waals surface area contributed by atoms with Crippen LogP contribution >= 0.6 is 11.3 Å². The van der Waals surface area contributed by atoms with E-state index in [9.17, 15) is 5.26 Å². The molecule has 0 atom stereocenters.